The fourth-order valence-corrected chi connectivity index (χ4v) is 2.31. The summed E-state index contributed by atoms with van der Waals surface area (Å²) in [5, 5.41) is 8.54. The van der Waals surface area contributed by atoms with Gasteiger partial charge in [0.25, 0.3) is 0 Å². The number of likely N-dealkylation sites (tertiary alicyclic amines) is 1. The molecule has 0 spiro atoms. The lowest BCUT2D eigenvalue weighted by Gasteiger charge is -2.36. The number of carboxylic acid groups (broad SMARTS) is 1. The van der Waals surface area contributed by atoms with E-state index in [1.165, 1.54) is 0 Å². The second-order valence-electron chi connectivity index (χ2n) is 4.87. The number of amides is 1. The fourth-order valence-electron chi connectivity index (χ4n) is 2.31. The van der Waals surface area contributed by atoms with Crippen LogP contribution in [0.2, 0.25) is 0 Å². The first kappa shape index (κ1) is 14.0. The average Bonchev–Trinajstić information content (AvgIpc) is 2.25. The molecule has 0 bridgehead atoms. The van der Waals surface area contributed by atoms with E-state index in [0.717, 1.165) is 32.4 Å². The SMILES string of the molecule is CC1CCC(C(N)=O)CN1CCCCC(=O)O. The Morgan fingerprint density at radius 1 is 1.35 bits per heavy atom. The molecule has 1 aliphatic heterocycles. The van der Waals surface area contributed by atoms with Gasteiger partial charge < -0.3 is 10.8 Å². The molecule has 0 radical (unpaired) electrons. The van der Waals surface area contributed by atoms with Gasteiger partial charge in [-0.2, -0.15) is 0 Å². The molecule has 2 atom stereocenters. The van der Waals surface area contributed by atoms with Crippen molar-refractivity contribution in [1.29, 1.82) is 0 Å². The van der Waals surface area contributed by atoms with Gasteiger partial charge in [-0.25, -0.2) is 0 Å². The van der Waals surface area contributed by atoms with Crippen LogP contribution in [0, 0.1) is 5.92 Å². The number of aliphatic carboxylic acids is 1. The largest absolute Gasteiger partial charge is 0.481 e. The highest BCUT2D eigenvalue weighted by molar-refractivity contribution is 5.76. The number of unbranched alkanes of at least 4 members (excludes halogenated alkanes) is 1. The Kier molecular flexibility index (Phi) is 5.41. The van der Waals surface area contributed by atoms with Crippen molar-refractivity contribution in [2.24, 2.45) is 11.7 Å². The Bertz CT molecular complexity index is 281. The van der Waals surface area contributed by atoms with Gasteiger partial charge in [-0.1, -0.05) is 0 Å². The summed E-state index contributed by atoms with van der Waals surface area (Å²) in [5.74, 6) is -0.996. The van der Waals surface area contributed by atoms with Crippen LogP contribution in [-0.2, 0) is 9.59 Å². The van der Waals surface area contributed by atoms with Gasteiger partial charge in [0.1, 0.15) is 0 Å². The number of nitrogens with zero attached hydrogens (tertiary/aromatic N) is 1. The van der Waals surface area contributed by atoms with E-state index in [2.05, 4.69) is 11.8 Å². The summed E-state index contributed by atoms with van der Waals surface area (Å²) in [6, 6.07) is 0.468. The van der Waals surface area contributed by atoms with E-state index in [4.69, 9.17) is 10.8 Å². The number of carbonyl (C=O) groups is 2. The Morgan fingerprint density at radius 3 is 2.65 bits per heavy atom. The summed E-state index contributed by atoms with van der Waals surface area (Å²) in [5.41, 5.74) is 5.33. The van der Waals surface area contributed by atoms with Crippen LogP contribution >= 0.6 is 0 Å². The lowest BCUT2D eigenvalue weighted by atomic mass is 9.92. The Balaban J connectivity index is 2.29. The molecule has 1 amide bonds. The van der Waals surface area contributed by atoms with Crippen molar-refractivity contribution in [3.8, 4) is 0 Å². The Labute approximate surface area is 102 Å². The quantitative estimate of drug-likeness (QED) is 0.676. The van der Waals surface area contributed by atoms with Gasteiger partial charge in [0, 0.05) is 19.0 Å². The zero-order valence-electron chi connectivity index (χ0n) is 10.4. The molecular weight excluding hydrogens is 220 g/mol. The van der Waals surface area contributed by atoms with E-state index >= 15 is 0 Å². The number of hydrogen-bond acceptors (Lipinski definition) is 3. The molecule has 0 aromatic heterocycles. The van der Waals surface area contributed by atoms with Crippen LogP contribution in [0.5, 0.6) is 0 Å². The topological polar surface area (TPSA) is 83.6 Å². The molecule has 2 unspecified atom stereocenters. The molecule has 0 aromatic rings. The molecule has 5 heteroatoms. The van der Waals surface area contributed by atoms with Gasteiger partial charge in [-0.05, 0) is 39.2 Å². The molecule has 17 heavy (non-hydrogen) atoms. The van der Waals surface area contributed by atoms with Crippen molar-refractivity contribution in [3.05, 3.63) is 0 Å². The number of nitrogens with two attached hydrogens (primary N) is 1. The van der Waals surface area contributed by atoms with Crippen molar-refractivity contribution >= 4 is 11.9 Å². The van der Waals surface area contributed by atoms with Gasteiger partial charge in [0.15, 0.2) is 0 Å². The summed E-state index contributed by atoms with van der Waals surface area (Å²) in [6.07, 6.45) is 3.65. The highest BCUT2D eigenvalue weighted by Gasteiger charge is 2.27. The van der Waals surface area contributed by atoms with Crippen molar-refractivity contribution in [1.82, 2.24) is 4.90 Å². The first-order chi connectivity index (χ1) is 8.00. The number of rotatable bonds is 6. The van der Waals surface area contributed by atoms with Crippen LogP contribution in [0.25, 0.3) is 0 Å². The third kappa shape index (κ3) is 4.73. The number of primary amides is 1. The minimum atomic E-state index is -0.744. The van der Waals surface area contributed by atoms with Crippen LogP contribution in [0.3, 0.4) is 0 Å². The lowest BCUT2D eigenvalue weighted by Crippen LogP contribution is -2.46. The molecule has 3 N–H and O–H groups in total. The van der Waals surface area contributed by atoms with Crippen molar-refractivity contribution in [2.45, 2.75) is 45.1 Å². The van der Waals surface area contributed by atoms with Crippen molar-refractivity contribution in [3.63, 3.8) is 0 Å². The molecule has 1 heterocycles. The predicted molar refractivity (Wildman–Crippen MR) is 64.4 cm³/mol. The molecule has 1 aliphatic rings. The van der Waals surface area contributed by atoms with E-state index in [-0.39, 0.29) is 18.2 Å². The van der Waals surface area contributed by atoms with E-state index in [0.29, 0.717) is 12.5 Å². The van der Waals surface area contributed by atoms with Gasteiger partial charge in [-0.15, -0.1) is 0 Å². The van der Waals surface area contributed by atoms with Crippen LogP contribution < -0.4 is 5.73 Å². The van der Waals surface area contributed by atoms with Gasteiger partial charge in [0.05, 0.1) is 5.92 Å². The predicted octanol–water partition coefficient (Wildman–Crippen LogP) is 0.827. The fraction of sp³-hybridized carbons (Fsp3) is 0.833. The summed E-state index contributed by atoms with van der Waals surface area (Å²) in [7, 11) is 0. The van der Waals surface area contributed by atoms with Crippen LogP contribution in [0.15, 0.2) is 0 Å². The Morgan fingerprint density at radius 2 is 2.06 bits per heavy atom. The average molecular weight is 242 g/mol. The number of piperidine rings is 1. The standard InChI is InChI=1S/C12H22N2O3/c1-9-5-6-10(12(13)17)8-14(9)7-3-2-4-11(15)16/h9-10H,2-8H2,1H3,(H2,13,17)(H,15,16). The van der Waals surface area contributed by atoms with E-state index < -0.39 is 5.97 Å². The van der Waals surface area contributed by atoms with E-state index in [1.807, 2.05) is 0 Å². The van der Waals surface area contributed by atoms with E-state index in [1.54, 1.807) is 0 Å². The third-order valence-corrected chi connectivity index (χ3v) is 3.50. The second kappa shape index (κ2) is 6.59. The molecule has 5 nitrogen and oxygen atoms in total. The molecule has 0 saturated carbocycles. The van der Waals surface area contributed by atoms with Crippen LogP contribution in [0.4, 0.5) is 0 Å². The first-order valence-electron chi connectivity index (χ1n) is 6.26. The molecule has 0 aromatic carbocycles. The van der Waals surface area contributed by atoms with Crippen LogP contribution in [-0.4, -0.2) is 41.0 Å². The van der Waals surface area contributed by atoms with Crippen LogP contribution in [0.1, 0.15) is 39.0 Å². The molecule has 98 valence electrons. The molecular formula is C12H22N2O3. The van der Waals surface area contributed by atoms with E-state index in [9.17, 15) is 9.59 Å². The third-order valence-electron chi connectivity index (χ3n) is 3.50. The van der Waals surface area contributed by atoms with Gasteiger partial charge in [0.2, 0.25) is 5.91 Å². The maximum atomic E-state index is 11.1. The van der Waals surface area contributed by atoms with Crippen molar-refractivity contribution in [2.75, 3.05) is 13.1 Å². The molecule has 1 saturated heterocycles. The number of hydrogen-bond donors (Lipinski definition) is 2. The zero-order valence-corrected chi connectivity index (χ0v) is 10.4. The Hall–Kier alpha value is -1.10. The zero-order chi connectivity index (χ0) is 12.8. The first-order valence-corrected chi connectivity index (χ1v) is 6.26. The van der Waals surface area contributed by atoms with Gasteiger partial charge in [-0.3, -0.25) is 14.5 Å². The number of carbonyl (C=O) groups excluding carboxylic acids is 1. The maximum Gasteiger partial charge on any atom is 0.303 e. The minimum Gasteiger partial charge on any atom is -0.481 e. The molecule has 1 fully saturated rings. The summed E-state index contributed by atoms with van der Waals surface area (Å²) in [4.78, 5) is 23.8. The maximum absolute atomic E-state index is 11.1. The highest BCUT2D eigenvalue weighted by Crippen LogP contribution is 2.22. The highest BCUT2D eigenvalue weighted by atomic mass is 16.4. The van der Waals surface area contributed by atoms with Crippen molar-refractivity contribution < 1.29 is 14.7 Å². The summed E-state index contributed by atoms with van der Waals surface area (Å²) >= 11 is 0. The monoisotopic (exact) mass is 242 g/mol. The van der Waals surface area contributed by atoms with Gasteiger partial charge >= 0.3 is 5.97 Å². The summed E-state index contributed by atoms with van der Waals surface area (Å²) < 4.78 is 0. The smallest absolute Gasteiger partial charge is 0.303 e. The minimum absolute atomic E-state index is 0.0364. The normalized spacial score (nSPS) is 25.7. The molecule has 1 rings (SSSR count). The number of carboxylic acids is 1. The lowest BCUT2D eigenvalue weighted by molar-refractivity contribution is -0.137. The second-order valence-corrected chi connectivity index (χ2v) is 4.87. The molecule has 0 aliphatic carbocycles. The summed E-state index contributed by atoms with van der Waals surface area (Å²) in [6.45, 7) is 3.73.